The maximum Gasteiger partial charge on any atom is 0.303 e. The summed E-state index contributed by atoms with van der Waals surface area (Å²) in [5.74, 6) is 0.433. The number of ether oxygens (including phenoxy) is 1. The number of nitrogens with one attached hydrogen (secondary N) is 1. The molecule has 1 aromatic heterocycles. The number of aromatic nitrogens is 2. The molecule has 0 radical (unpaired) electrons. The number of halogens is 2. The van der Waals surface area contributed by atoms with Crippen LogP contribution in [0.5, 0.6) is 5.75 Å². The maximum absolute atomic E-state index is 12.6. The second-order valence-electron chi connectivity index (χ2n) is 9.77. The summed E-state index contributed by atoms with van der Waals surface area (Å²) in [7, 11) is 0. The molecule has 42 heavy (non-hydrogen) atoms. The number of hydrogen-bond donors (Lipinski definition) is 2. The average Bonchev–Trinajstić information content (AvgIpc) is 3.36. The molecule has 0 aliphatic carbocycles. The number of unbranched alkanes of at least 4 members (excludes halogenated alkanes) is 1. The molecule has 0 aliphatic rings. The number of carbonyl (C=O) groups is 2. The highest BCUT2D eigenvalue weighted by Crippen LogP contribution is 2.30. The molecule has 1 amide bonds. The molecule has 0 saturated carbocycles. The number of hydrogen-bond acceptors (Lipinski definition) is 4. The number of carbonyl (C=O) groups excluding carboxylic acids is 1. The van der Waals surface area contributed by atoms with Gasteiger partial charge in [-0.15, -0.1) is 0 Å². The largest absolute Gasteiger partial charge is 0.494 e. The summed E-state index contributed by atoms with van der Waals surface area (Å²) in [5, 5.41) is 12.7. The topological polar surface area (TPSA) is 93.5 Å². The van der Waals surface area contributed by atoms with E-state index in [9.17, 15) is 9.59 Å². The van der Waals surface area contributed by atoms with E-state index in [0.29, 0.717) is 46.9 Å². The lowest BCUT2D eigenvalue weighted by Crippen LogP contribution is -2.28. The van der Waals surface area contributed by atoms with Gasteiger partial charge in [0.1, 0.15) is 18.1 Å². The lowest BCUT2D eigenvalue weighted by Gasteiger charge is -2.07. The third kappa shape index (κ3) is 8.96. The summed E-state index contributed by atoms with van der Waals surface area (Å²) < 4.78 is 7.44. The Balaban J connectivity index is 1.48. The van der Waals surface area contributed by atoms with Crippen molar-refractivity contribution in [2.45, 2.75) is 39.2 Å². The molecule has 2 N–H and O–H groups in total. The van der Waals surface area contributed by atoms with Gasteiger partial charge in [-0.1, -0.05) is 79.0 Å². The number of amides is 1. The Morgan fingerprint density at radius 1 is 0.976 bits per heavy atom. The van der Waals surface area contributed by atoms with E-state index >= 15 is 0 Å². The van der Waals surface area contributed by atoms with Crippen molar-refractivity contribution in [1.82, 2.24) is 14.9 Å². The lowest BCUT2D eigenvalue weighted by atomic mass is 10.0. The number of rotatable bonds is 14. The Hall–Kier alpha value is -4.07. The van der Waals surface area contributed by atoms with E-state index in [1.165, 1.54) is 0 Å². The summed E-state index contributed by atoms with van der Waals surface area (Å²) in [6.07, 6.45) is 8.17. The van der Waals surface area contributed by atoms with E-state index < -0.39 is 5.97 Å². The van der Waals surface area contributed by atoms with Crippen molar-refractivity contribution in [3.63, 3.8) is 0 Å². The smallest absolute Gasteiger partial charge is 0.303 e. The second-order valence-corrected chi connectivity index (χ2v) is 10.6. The fourth-order valence-corrected chi connectivity index (χ4v) is 4.75. The summed E-state index contributed by atoms with van der Waals surface area (Å²) in [6, 6.07) is 21.1. The van der Waals surface area contributed by atoms with Crippen LogP contribution in [0.3, 0.4) is 0 Å². The number of aliphatic carboxylic acids is 1. The van der Waals surface area contributed by atoms with Crippen LogP contribution < -0.4 is 10.1 Å². The van der Waals surface area contributed by atoms with Crippen molar-refractivity contribution >= 4 is 47.2 Å². The molecule has 0 aliphatic heterocycles. The van der Waals surface area contributed by atoms with Gasteiger partial charge in [-0.3, -0.25) is 9.59 Å². The monoisotopic (exact) mass is 605 g/mol. The highest BCUT2D eigenvalue weighted by atomic mass is 35.5. The van der Waals surface area contributed by atoms with Gasteiger partial charge in [0.25, 0.3) is 0 Å². The van der Waals surface area contributed by atoms with Crippen molar-refractivity contribution in [1.29, 1.82) is 0 Å². The van der Waals surface area contributed by atoms with E-state index in [-0.39, 0.29) is 18.9 Å². The van der Waals surface area contributed by atoms with Crippen molar-refractivity contribution in [3.8, 4) is 28.1 Å². The zero-order valence-electron chi connectivity index (χ0n) is 23.4. The molecule has 0 spiro atoms. The molecule has 218 valence electrons. The number of benzene rings is 3. The molecular formula is C33H33Cl2N3O4. The number of carboxylic acids is 1. The second kappa shape index (κ2) is 15.2. The standard InChI is InChI=1S/C33H33Cl2N3O4/c1-2-3-18-36-32(39)22-38-21-30(28-16-13-26(34)20-29(28)35)37-31(38)17-8-23-6-9-24(10-7-23)25-11-14-27(15-12-25)42-19-4-5-33(40)41/h6-17,20-21H,2-5,18-19,22H2,1H3,(H,36,39)(H,40,41)/b17-8+. The quantitative estimate of drug-likeness (QED) is 0.143. The molecule has 1 heterocycles. The maximum atomic E-state index is 12.6. The molecule has 4 rings (SSSR count). The zero-order valence-corrected chi connectivity index (χ0v) is 24.9. The summed E-state index contributed by atoms with van der Waals surface area (Å²) >= 11 is 12.5. The van der Waals surface area contributed by atoms with E-state index in [2.05, 4.69) is 12.2 Å². The minimum atomic E-state index is -0.824. The molecule has 0 atom stereocenters. The Labute approximate surface area is 255 Å². The molecule has 0 saturated heterocycles. The molecule has 9 heteroatoms. The average molecular weight is 607 g/mol. The fraction of sp³-hybridized carbons (Fsp3) is 0.242. The Morgan fingerprint density at radius 2 is 1.69 bits per heavy atom. The van der Waals surface area contributed by atoms with E-state index in [0.717, 1.165) is 35.1 Å². The third-order valence-corrected chi connectivity index (χ3v) is 7.06. The van der Waals surface area contributed by atoms with Crippen molar-refractivity contribution in [2.24, 2.45) is 0 Å². The van der Waals surface area contributed by atoms with Crippen molar-refractivity contribution in [3.05, 3.63) is 94.4 Å². The first-order valence-corrected chi connectivity index (χ1v) is 14.6. The van der Waals surface area contributed by atoms with Crippen LogP contribution in [-0.2, 0) is 16.1 Å². The van der Waals surface area contributed by atoms with Crippen LogP contribution in [0.15, 0.2) is 72.9 Å². The summed E-state index contributed by atoms with van der Waals surface area (Å²) in [6.45, 7) is 3.22. The Morgan fingerprint density at radius 3 is 2.36 bits per heavy atom. The van der Waals surface area contributed by atoms with Crippen molar-refractivity contribution < 1.29 is 19.4 Å². The van der Waals surface area contributed by atoms with Crippen LogP contribution in [0.1, 0.15) is 44.0 Å². The van der Waals surface area contributed by atoms with Gasteiger partial charge in [-0.2, -0.15) is 0 Å². The predicted molar refractivity (Wildman–Crippen MR) is 169 cm³/mol. The summed E-state index contributed by atoms with van der Waals surface area (Å²) in [4.78, 5) is 28.0. The van der Waals surface area contributed by atoms with Crippen LogP contribution in [0.2, 0.25) is 10.0 Å². The Kier molecular flexibility index (Phi) is 11.2. The first kappa shape index (κ1) is 30.9. The minimum absolute atomic E-state index is 0.0784. The predicted octanol–water partition coefficient (Wildman–Crippen LogP) is 7.85. The normalized spacial score (nSPS) is 11.1. The van der Waals surface area contributed by atoms with Gasteiger partial charge in [0.2, 0.25) is 5.91 Å². The number of imidazole rings is 1. The molecule has 7 nitrogen and oxygen atoms in total. The van der Waals surface area contributed by atoms with Gasteiger partial charge < -0.3 is 19.7 Å². The highest BCUT2D eigenvalue weighted by Gasteiger charge is 2.13. The van der Waals surface area contributed by atoms with Crippen LogP contribution in [0.25, 0.3) is 34.5 Å². The van der Waals surface area contributed by atoms with Gasteiger partial charge in [-0.05, 0) is 65.9 Å². The van der Waals surface area contributed by atoms with Crippen LogP contribution >= 0.6 is 23.2 Å². The van der Waals surface area contributed by atoms with Crippen LogP contribution in [-0.4, -0.2) is 39.7 Å². The SMILES string of the molecule is CCCCNC(=O)Cn1cc(-c2ccc(Cl)cc2Cl)nc1/C=C/c1ccc(-c2ccc(OCCCC(=O)O)cc2)cc1. The van der Waals surface area contributed by atoms with Gasteiger partial charge in [-0.25, -0.2) is 4.98 Å². The van der Waals surface area contributed by atoms with Crippen molar-refractivity contribution in [2.75, 3.05) is 13.2 Å². The first-order chi connectivity index (χ1) is 20.3. The molecular weight excluding hydrogens is 573 g/mol. The van der Waals surface area contributed by atoms with Crippen LogP contribution in [0.4, 0.5) is 0 Å². The van der Waals surface area contributed by atoms with Crippen LogP contribution in [0, 0.1) is 0 Å². The Bertz CT molecular complexity index is 1530. The van der Waals surface area contributed by atoms with Gasteiger partial charge in [0.05, 0.1) is 17.3 Å². The number of nitrogens with zero attached hydrogens (tertiary/aromatic N) is 2. The molecule has 0 bridgehead atoms. The van der Waals surface area contributed by atoms with Gasteiger partial charge >= 0.3 is 5.97 Å². The molecule has 3 aromatic carbocycles. The first-order valence-electron chi connectivity index (χ1n) is 13.8. The van der Waals surface area contributed by atoms with E-state index in [1.54, 1.807) is 12.1 Å². The minimum Gasteiger partial charge on any atom is -0.494 e. The highest BCUT2D eigenvalue weighted by molar-refractivity contribution is 6.36. The third-order valence-electron chi connectivity index (χ3n) is 6.51. The fourth-order valence-electron chi connectivity index (χ4n) is 4.25. The van der Waals surface area contributed by atoms with Gasteiger partial charge in [0.15, 0.2) is 0 Å². The van der Waals surface area contributed by atoms with E-state index in [4.69, 9.17) is 38.0 Å². The van der Waals surface area contributed by atoms with Gasteiger partial charge in [0, 0.05) is 29.7 Å². The molecule has 0 fully saturated rings. The number of carboxylic acid groups (broad SMARTS) is 1. The molecule has 4 aromatic rings. The molecule has 0 unspecified atom stereocenters. The zero-order chi connectivity index (χ0) is 29.9. The summed E-state index contributed by atoms with van der Waals surface area (Å²) in [5.41, 5.74) is 4.46. The van der Waals surface area contributed by atoms with E-state index in [1.807, 2.05) is 77.5 Å². The lowest BCUT2D eigenvalue weighted by molar-refractivity contribution is -0.137.